The molecule has 0 saturated carbocycles. The zero-order chi connectivity index (χ0) is 15.8. The summed E-state index contributed by atoms with van der Waals surface area (Å²) in [5.74, 6) is 1.53. The highest BCUT2D eigenvalue weighted by molar-refractivity contribution is 4.91. The van der Waals surface area contributed by atoms with Crippen LogP contribution in [0.2, 0.25) is 0 Å². The fourth-order valence-corrected chi connectivity index (χ4v) is 3.64. The molecule has 0 aliphatic carbocycles. The van der Waals surface area contributed by atoms with Crippen molar-refractivity contribution in [2.24, 2.45) is 11.8 Å². The summed E-state index contributed by atoms with van der Waals surface area (Å²) in [6.45, 7) is 16.7. The molecule has 2 heteroatoms. The second kappa shape index (κ2) is 9.84. The first-order valence-electron chi connectivity index (χ1n) is 9.50. The van der Waals surface area contributed by atoms with Crippen LogP contribution in [0.4, 0.5) is 0 Å². The Hall–Kier alpha value is -0.0800. The first-order valence-corrected chi connectivity index (χ1v) is 9.50. The molecule has 4 atom stereocenters. The maximum absolute atomic E-state index is 3.82. The first-order chi connectivity index (χ1) is 10.0. The van der Waals surface area contributed by atoms with E-state index in [2.05, 4.69) is 51.8 Å². The van der Waals surface area contributed by atoms with Crippen molar-refractivity contribution < 1.29 is 0 Å². The minimum absolute atomic E-state index is 0.683. The lowest BCUT2D eigenvalue weighted by Gasteiger charge is -2.47. The van der Waals surface area contributed by atoms with Gasteiger partial charge in [-0.3, -0.25) is 4.90 Å². The van der Waals surface area contributed by atoms with Crippen molar-refractivity contribution in [3.05, 3.63) is 0 Å². The molecule has 1 fully saturated rings. The van der Waals surface area contributed by atoms with Crippen LogP contribution in [-0.4, -0.2) is 36.1 Å². The van der Waals surface area contributed by atoms with Gasteiger partial charge in [-0.25, -0.2) is 0 Å². The Labute approximate surface area is 134 Å². The van der Waals surface area contributed by atoms with Crippen LogP contribution in [0.5, 0.6) is 0 Å². The highest BCUT2D eigenvalue weighted by Gasteiger charge is 2.33. The summed E-state index contributed by atoms with van der Waals surface area (Å²) < 4.78 is 0. The van der Waals surface area contributed by atoms with Gasteiger partial charge in [0.2, 0.25) is 0 Å². The standard InChI is InChI=1S/C19H40N2/c1-7-9-10-11-12-17(6)21-14-18(16(5)8-2)20-13-19(21)15(3)4/h15-20H,7-14H2,1-6H3. The van der Waals surface area contributed by atoms with Crippen LogP contribution < -0.4 is 5.32 Å². The molecule has 0 amide bonds. The van der Waals surface area contributed by atoms with Crippen molar-refractivity contribution in [1.82, 2.24) is 10.2 Å². The molecular weight excluding hydrogens is 256 g/mol. The third-order valence-electron chi connectivity index (χ3n) is 5.56. The van der Waals surface area contributed by atoms with Gasteiger partial charge in [0, 0.05) is 31.2 Å². The molecule has 126 valence electrons. The Bertz CT molecular complexity index is 264. The lowest BCUT2D eigenvalue weighted by atomic mass is 9.90. The van der Waals surface area contributed by atoms with E-state index in [1.807, 2.05) is 0 Å². The predicted molar refractivity (Wildman–Crippen MR) is 94.8 cm³/mol. The third kappa shape index (κ3) is 5.90. The van der Waals surface area contributed by atoms with Crippen molar-refractivity contribution in [2.75, 3.05) is 13.1 Å². The maximum atomic E-state index is 3.82. The van der Waals surface area contributed by atoms with Crippen LogP contribution in [0.3, 0.4) is 0 Å². The molecule has 1 aliphatic rings. The van der Waals surface area contributed by atoms with Gasteiger partial charge in [-0.1, -0.05) is 66.7 Å². The molecule has 0 aromatic heterocycles. The Balaban J connectivity index is 2.57. The average molecular weight is 297 g/mol. The molecule has 21 heavy (non-hydrogen) atoms. The van der Waals surface area contributed by atoms with Crippen molar-refractivity contribution in [3.8, 4) is 0 Å². The fourth-order valence-electron chi connectivity index (χ4n) is 3.64. The molecule has 0 radical (unpaired) electrons. The van der Waals surface area contributed by atoms with E-state index in [0.29, 0.717) is 12.1 Å². The van der Waals surface area contributed by atoms with Crippen molar-refractivity contribution in [1.29, 1.82) is 0 Å². The predicted octanol–water partition coefficient (Wildman–Crippen LogP) is 4.69. The van der Waals surface area contributed by atoms with Gasteiger partial charge in [0.25, 0.3) is 0 Å². The molecule has 1 rings (SSSR count). The molecule has 0 aromatic rings. The summed E-state index contributed by atoms with van der Waals surface area (Å²) in [5.41, 5.74) is 0. The van der Waals surface area contributed by atoms with Crippen LogP contribution >= 0.6 is 0 Å². The molecule has 1 heterocycles. The van der Waals surface area contributed by atoms with Crippen molar-refractivity contribution in [2.45, 2.75) is 98.2 Å². The van der Waals surface area contributed by atoms with E-state index < -0.39 is 0 Å². The van der Waals surface area contributed by atoms with Gasteiger partial charge in [-0.15, -0.1) is 0 Å². The minimum Gasteiger partial charge on any atom is -0.311 e. The number of rotatable bonds is 9. The quantitative estimate of drug-likeness (QED) is 0.621. The summed E-state index contributed by atoms with van der Waals surface area (Å²) in [6.07, 6.45) is 8.20. The smallest absolute Gasteiger partial charge is 0.0247 e. The van der Waals surface area contributed by atoms with E-state index in [-0.39, 0.29) is 0 Å². The second-order valence-electron chi connectivity index (χ2n) is 7.61. The Morgan fingerprint density at radius 3 is 2.33 bits per heavy atom. The average Bonchev–Trinajstić information content (AvgIpc) is 2.49. The lowest BCUT2D eigenvalue weighted by molar-refractivity contribution is 0.0453. The van der Waals surface area contributed by atoms with Crippen LogP contribution in [-0.2, 0) is 0 Å². The summed E-state index contributed by atoms with van der Waals surface area (Å²) >= 11 is 0. The molecule has 0 aromatic carbocycles. The van der Waals surface area contributed by atoms with Crippen LogP contribution in [0, 0.1) is 11.8 Å². The second-order valence-corrected chi connectivity index (χ2v) is 7.61. The van der Waals surface area contributed by atoms with Gasteiger partial charge in [-0.05, 0) is 25.2 Å². The number of nitrogens with one attached hydrogen (secondary N) is 1. The van der Waals surface area contributed by atoms with Crippen LogP contribution in [0.15, 0.2) is 0 Å². The third-order valence-corrected chi connectivity index (χ3v) is 5.56. The van der Waals surface area contributed by atoms with E-state index >= 15 is 0 Å². The van der Waals surface area contributed by atoms with Crippen LogP contribution in [0.1, 0.15) is 80.1 Å². The molecule has 1 aliphatic heterocycles. The molecule has 0 bridgehead atoms. The topological polar surface area (TPSA) is 15.3 Å². The Morgan fingerprint density at radius 2 is 1.76 bits per heavy atom. The fraction of sp³-hybridized carbons (Fsp3) is 1.00. The number of unbranched alkanes of at least 4 members (excludes halogenated alkanes) is 3. The van der Waals surface area contributed by atoms with E-state index in [4.69, 9.17) is 0 Å². The van der Waals surface area contributed by atoms with Gasteiger partial charge in [0.15, 0.2) is 0 Å². The highest BCUT2D eigenvalue weighted by Crippen LogP contribution is 2.24. The summed E-state index contributed by atoms with van der Waals surface area (Å²) in [4.78, 5) is 2.82. The largest absolute Gasteiger partial charge is 0.311 e. The highest BCUT2D eigenvalue weighted by atomic mass is 15.3. The Kier molecular flexibility index (Phi) is 8.89. The van der Waals surface area contributed by atoms with E-state index in [1.54, 1.807) is 0 Å². The van der Waals surface area contributed by atoms with Gasteiger partial charge >= 0.3 is 0 Å². The molecule has 4 unspecified atom stereocenters. The monoisotopic (exact) mass is 296 g/mol. The van der Waals surface area contributed by atoms with Gasteiger partial charge in [0.05, 0.1) is 0 Å². The molecule has 1 N–H and O–H groups in total. The van der Waals surface area contributed by atoms with E-state index in [9.17, 15) is 0 Å². The number of piperazine rings is 1. The summed E-state index contributed by atoms with van der Waals surface area (Å²) in [6, 6.07) is 2.14. The maximum Gasteiger partial charge on any atom is 0.0247 e. The molecule has 1 saturated heterocycles. The number of hydrogen-bond acceptors (Lipinski definition) is 2. The Morgan fingerprint density at radius 1 is 1.05 bits per heavy atom. The molecular formula is C19H40N2. The normalized spacial score (nSPS) is 27.0. The van der Waals surface area contributed by atoms with Gasteiger partial charge in [-0.2, -0.15) is 0 Å². The zero-order valence-electron chi connectivity index (χ0n) is 15.5. The minimum atomic E-state index is 0.683. The molecule has 0 spiro atoms. The van der Waals surface area contributed by atoms with Crippen LogP contribution in [0.25, 0.3) is 0 Å². The zero-order valence-corrected chi connectivity index (χ0v) is 15.5. The first kappa shape index (κ1) is 19.0. The molecule has 2 nitrogen and oxygen atoms in total. The van der Waals surface area contributed by atoms with Crippen molar-refractivity contribution in [3.63, 3.8) is 0 Å². The summed E-state index contributed by atoms with van der Waals surface area (Å²) in [5, 5.41) is 3.82. The van der Waals surface area contributed by atoms with Gasteiger partial charge in [0.1, 0.15) is 0 Å². The summed E-state index contributed by atoms with van der Waals surface area (Å²) in [7, 11) is 0. The lowest BCUT2D eigenvalue weighted by Crippen LogP contribution is -2.62. The van der Waals surface area contributed by atoms with E-state index in [1.165, 1.54) is 51.6 Å². The van der Waals surface area contributed by atoms with E-state index in [0.717, 1.165) is 17.9 Å². The van der Waals surface area contributed by atoms with Gasteiger partial charge < -0.3 is 5.32 Å². The SMILES string of the molecule is CCCCCCC(C)N1CC(C(C)CC)NCC1C(C)C. The number of hydrogen-bond donors (Lipinski definition) is 1. The van der Waals surface area contributed by atoms with Crippen molar-refractivity contribution >= 4 is 0 Å². The number of nitrogens with zero attached hydrogens (tertiary/aromatic N) is 1.